The zero-order valence-electron chi connectivity index (χ0n) is 10.2. The molecule has 0 aromatic rings. The summed E-state index contributed by atoms with van der Waals surface area (Å²) in [5.41, 5.74) is -0.297. The van der Waals surface area contributed by atoms with Crippen LogP contribution in [0.4, 0.5) is 0 Å². The van der Waals surface area contributed by atoms with Gasteiger partial charge in [-0.05, 0) is 32.2 Å². The van der Waals surface area contributed by atoms with E-state index in [0.717, 1.165) is 51.6 Å². The molecule has 1 aliphatic carbocycles. The Kier molecular flexibility index (Phi) is 2.69. The van der Waals surface area contributed by atoms with Crippen LogP contribution >= 0.6 is 0 Å². The van der Waals surface area contributed by atoms with Crippen molar-refractivity contribution in [3.63, 3.8) is 0 Å². The van der Waals surface area contributed by atoms with Crippen molar-refractivity contribution in [3.8, 4) is 0 Å². The zero-order valence-corrected chi connectivity index (χ0v) is 10.2. The molecule has 3 rings (SSSR count). The van der Waals surface area contributed by atoms with E-state index in [1.54, 1.807) is 4.90 Å². The van der Waals surface area contributed by atoms with Crippen LogP contribution < -0.4 is 5.32 Å². The van der Waals surface area contributed by atoms with Crippen LogP contribution in [0.2, 0.25) is 0 Å². The van der Waals surface area contributed by atoms with E-state index in [-0.39, 0.29) is 23.3 Å². The fraction of sp³-hybridized carbons (Fsp3) is 0.846. The number of piperidine rings is 1. The number of nitrogens with zero attached hydrogens (tertiary/aromatic N) is 1. The number of hydrogen-bond acceptors (Lipinski definition) is 3. The molecule has 1 atom stereocenters. The van der Waals surface area contributed by atoms with Gasteiger partial charge in [0.05, 0.1) is 11.5 Å². The van der Waals surface area contributed by atoms with Crippen LogP contribution in [0.1, 0.15) is 44.9 Å². The van der Waals surface area contributed by atoms with E-state index in [1.807, 2.05) is 0 Å². The fourth-order valence-electron chi connectivity index (χ4n) is 3.68. The van der Waals surface area contributed by atoms with Gasteiger partial charge in [0.1, 0.15) is 0 Å². The summed E-state index contributed by atoms with van der Waals surface area (Å²) in [6.07, 6.45) is 6.58. The van der Waals surface area contributed by atoms with Crippen molar-refractivity contribution < 1.29 is 9.59 Å². The molecule has 0 aromatic carbocycles. The van der Waals surface area contributed by atoms with Gasteiger partial charge < -0.3 is 5.32 Å². The normalized spacial score (nSPS) is 32.7. The van der Waals surface area contributed by atoms with Gasteiger partial charge in [-0.3, -0.25) is 14.5 Å². The first-order valence-corrected chi connectivity index (χ1v) is 6.80. The summed E-state index contributed by atoms with van der Waals surface area (Å²) in [4.78, 5) is 26.2. The molecule has 1 N–H and O–H groups in total. The van der Waals surface area contributed by atoms with Crippen LogP contribution in [-0.4, -0.2) is 35.8 Å². The van der Waals surface area contributed by atoms with Crippen LogP contribution in [0.15, 0.2) is 0 Å². The second-order valence-electron chi connectivity index (χ2n) is 5.73. The third-order valence-corrected chi connectivity index (χ3v) is 4.63. The number of carbonyl (C=O) groups is 2. The van der Waals surface area contributed by atoms with Gasteiger partial charge in [-0.25, -0.2) is 0 Å². The molecule has 17 heavy (non-hydrogen) atoms. The lowest BCUT2D eigenvalue weighted by Gasteiger charge is -2.31. The Bertz CT molecular complexity index is 341. The molecular formula is C13H20N2O2. The smallest absolute Gasteiger partial charge is 0.236 e. The maximum absolute atomic E-state index is 12.5. The lowest BCUT2D eigenvalue weighted by Crippen LogP contribution is -2.49. The van der Waals surface area contributed by atoms with E-state index in [1.165, 1.54) is 0 Å². The molecule has 0 aromatic heterocycles. The monoisotopic (exact) mass is 236 g/mol. The molecule has 94 valence electrons. The molecule has 2 saturated heterocycles. The molecule has 0 bridgehead atoms. The van der Waals surface area contributed by atoms with Crippen LogP contribution in [0.5, 0.6) is 0 Å². The number of imide groups is 1. The first-order chi connectivity index (χ1) is 8.23. The maximum atomic E-state index is 12.5. The van der Waals surface area contributed by atoms with E-state index in [0.29, 0.717) is 6.42 Å². The molecule has 4 nitrogen and oxygen atoms in total. The molecule has 1 unspecified atom stereocenters. The number of hydrogen-bond donors (Lipinski definition) is 1. The van der Waals surface area contributed by atoms with Crippen LogP contribution in [0.25, 0.3) is 0 Å². The lowest BCUT2D eigenvalue weighted by molar-refractivity contribution is -0.144. The Morgan fingerprint density at radius 3 is 2.59 bits per heavy atom. The highest BCUT2D eigenvalue weighted by Crippen LogP contribution is 2.47. The van der Waals surface area contributed by atoms with Crippen LogP contribution in [0, 0.1) is 5.41 Å². The van der Waals surface area contributed by atoms with Gasteiger partial charge in [-0.2, -0.15) is 0 Å². The molecule has 2 amide bonds. The molecule has 1 saturated carbocycles. The predicted octanol–water partition coefficient (Wildman–Crippen LogP) is 1.06. The summed E-state index contributed by atoms with van der Waals surface area (Å²) in [7, 11) is 0. The summed E-state index contributed by atoms with van der Waals surface area (Å²) in [6, 6.07) is 0.115. The highest BCUT2D eigenvalue weighted by molar-refractivity contribution is 6.06. The highest BCUT2D eigenvalue weighted by Gasteiger charge is 2.54. The highest BCUT2D eigenvalue weighted by atomic mass is 16.2. The van der Waals surface area contributed by atoms with Crippen LogP contribution in [0.3, 0.4) is 0 Å². The standard InChI is InChI=1S/C13H20N2O2/c16-11-8-13(5-1-2-6-13)12(17)15(11)10-4-3-7-14-9-10/h10,14H,1-9H2. The predicted molar refractivity (Wildman–Crippen MR) is 63.3 cm³/mol. The molecule has 3 aliphatic rings. The van der Waals surface area contributed by atoms with Gasteiger partial charge in [-0.1, -0.05) is 12.8 Å². The average Bonchev–Trinajstić information content (AvgIpc) is 2.88. The number of likely N-dealkylation sites (tertiary alicyclic amines) is 1. The van der Waals surface area contributed by atoms with Crippen LogP contribution in [-0.2, 0) is 9.59 Å². The van der Waals surface area contributed by atoms with Crippen molar-refractivity contribution in [1.82, 2.24) is 10.2 Å². The van der Waals surface area contributed by atoms with Crippen molar-refractivity contribution in [2.24, 2.45) is 5.41 Å². The lowest BCUT2D eigenvalue weighted by atomic mass is 9.84. The van der Waals surface area contributed by atoms with Gasteiger partial charge in [0, 0.05) is 13.0 Å². The van der Waals surface area contributed by atoms with Gasteiger partial charge in [0.15, 0.2) is 0 Å². The summed E-state index contributed by atoms with van der Waals surface area (Å²) < 4.78 is 0. The Balaban J connectivity index is 1.80. The third-order valence-electron chi connectivity index (χ3n) is 4.63. The van der Waals surface area contributed by atoms with Crippen molar-refractivity contribution in [2.45, 2.75) is 51.0 Å². The van der Waals surface area contributed by atoms with E-state index in [4.69, 9.17) is 0 Å². The fourth-order valence-corrected chi connectivity index (χ4v) is 3.68. The topological polar surface area (TPSA) is 49.4 Å². The summed E-state index contributed by atoms with van der Waals surface area (Å²) >= 11 is 0. The van der Waals surface area contributed by atoms with E-state index in [2.05, 4.69) is 5.32 Å². The number of carbonyl (C=O) groups excluding carboxylic acids is 2. The van der Waals surface area contributed by atoms with Crippen molar-refractivity contribution >= 4 is 11.8 Å². The molecule has 2 aliphatic heterocycles. The van der Waals surface area contributed by atoms with E-state index in [9.17, 15) is 9.59 Å². The second kappa shape index (κ2) is 4.09. The van der Waals surface area contributed by atoms with Gasteiger partial charge >= 0.3 is 0 Å². The van der Waals surface area contributed by atoms with Crippen molar-refractivity contribution in [2.75, 3.05) is 13.1 Å². The Hall–Kier alpha value is -0.900. The molecule has 2 heterocycles. The van der Waals surface area contributed by atoms with Crippen molar-refractivity contribution in [3.05, 3.63) is 0 Å². The quantitative estimate of drug-likeness (QED) is 0.693. The SMILES string of the molecule is O=C1CC2(CCCC2)C(=O)N1C1CCCNC1. The molecule has 0 radical (unpaired) electrons. The largest absolute Gasteiger partial charge is 0.315 e. The first-order valence-electron chi connectivity index (χ1n) is 6.80. The summed E-state index contributed by atoms with van der Waals surface area (Å²) in [6.45, 7) is 1.80. The molecule has 1 spiro atoms. The minimum Gasteiger partial charge on any atom is -0.315 e. The second-order valence-corrected chi connectivity index (χ2v) is 5.73. The summed E-state index contributed by atoms with van der Waals surface area (Å²) in [5, 5.41) is 3.29. The summed E-state index contributed by atoms with van der Waals surface area (Å²) in [5.74, 6) is 0.208. The maximum Gasteiger partial charge on any atom is 0.236 e. The molecule has 3 fully saturated rings. The van der Waals surface area contributed by atoms with Gasteiger partial charge in [-0.15, -0.1) is 0 Å². The van der Waals surface area contributed by atoms with Gasteiger partial charge in [0.2, 0.25) is 11.8 Å². The first kappa shape index (κ1) is 11.2. The third kappa shape index (κ3) is 1.69. The molecule has 4 heteroatoms. The Morgan fingerprint density at radius 2 is 1.94 bits per heavy atom. The number of amides is 2. The average molecular weight is 236 g/mol. The molecular weight excluding hydrogens is 216 g/mol. The van der Waals surface area contributed by atoms with Crippen molar-refractivity contribution in [1.29, 1.82) is 0 Å². The Labute approximate surface area is 102 Å². The minimum atomic E-state index is -0.297. The van der Waals surface area contributed by atoms with E-state index < -0.39 is 0 Å². The number of nitrogens with one attached hydrogen (secondary N) is 1. The Morgan fingerprint density at radius 1 is 1.18 bits per heavy atom. The number of rotatable bonds is 1. The van der Waals surface area contributed by atoms with E-state index >= 15 is 0 Å². The van der Waals surface area contributed by atoms with Gasteiger partial charge in [0.25, 0.3) is 0 Å². The zero-order chi connectivity index (χ0) is 11.9. The minimum absolute atomic E-state index is 0.0746.